The van der Waals surface area contributed by atoms with Crippen LogP contribution < -0.4 is 10.6 Å². The molecule has 0 aliphatic rings. The zero-order valence-electron chi connectivity index (χ0n) is 12.7. The van der Waals surface area contributed by atoms with E-state index in [1.165, 1.54) is 0 Å². The lowest BCUT2D eigenvalue weighted by Crippen LogP contribution is -2.11. The molecule has 7 heteroatoms. The molecule has 2 rings (SSSR count). The number of nitrogens with one attached hydrogen (secondary N) is 2. The third-order valence-electron chi connectivity index (χ3n) is 3.08. The first kappa shape index (κ1) is 15.7. The van der Waals surface area contributed by atoms with Crippen LogP contribution >= 0.6 is 0 Å². The number of hydrogen-bond acceptors (Lipinski definition) is 6. The summed E-state index contributed by atoms with van der Waals surface area (Å²) in [5.41, 5.74) is 2.53. The Bertz CT molecular complexity index is 643. The molecule has 7 nitrogen and oxygen atoms in total. The number of benzene rings is 1. The van der Waals surface area contributed by atoms with Gasteiger partial charge in [-0.1, -0.05) is 6.07 Å². The Morgan fingerprint density at radius 1 is 1.09 bits per heavy atom. The fourth-order valence-corrected chi connectivity index (χ4v) is 1.94. The van der Waals surface area contributed by atoms with Crippen LogP contribution in [0.1, 0.15) is 17.5 Å². The van der Waals surface area contributed by atoms with Crippen molar-refractivity contribution in [3.8, 4) is 0 Å². The van der Waals surface area contributed by atoms with E-state index in [1.807, 2.05) is 19.9 Å². The smallest absolute Gasteiger partial charge is 0.292 e. The van der Waals surface area contributed by atoms with Gasteiger partial charge in [0.25, 0.3) is 5.69 Å². The van der Waals surface area contributed by atoms with Gasteiger partial charge in [-0.2, -0.15) is 0 Å². The van der Waals surface area contributed by atoms with Gasteiger partial charge in [0.05, 0.1) is 4.92 Å². The lowest BCUT2D eigenvalue weighted by Gasteiger charge is -2.08. The van der Waals surface area contributed by atoms with Crippen LogP contribution in [0.4, 0.5) is 17.3 Å². The lowest BCUT2D eigenvalue weighted by molar-refractivity contribution is -0.384. The molecule has 2 N–H and O–H groups in total. The van der Waals surface area contributed by atoms with Crippen molar-refractivity contribution >= 4 is 17.3 Å². The Hall–Kier alpha value is -2.70. The molecule has 1 heterocycles. The Morgan fingerprint density at radius 2 is 1.77 bits per heavy atom. The van der Waals surface area contributed by atoms with E-state index in [0.29, 0.717) is 24.7 Å². The monoisotopic (exact) mass is 301 g/mol. The van der Waals surface area contributed by atoms with Crippen molar-refractivity contribution < 1.29 is 4.92 Å². The number of aromatic nitrogens is 2. The molecule has 1 aromatic carbocycles. The molecule has 0 saturated carbocycles. The second-order valence-electron chi connectivity index (χ2n) is 5.07. The average Bonchev–Trinajstić information content (AvgIpc) is 2.50. The van der Waals surface area contributed by atoms with Gasteiger partial charge in [-0.05, 0) is 37.5 Å². The topological polar surface area (TPSA) is 93.0 Å². The predicted octanol–water partition coefficient (Wildman–Crippen LogP) is 2.92. The molecule has 0 spiro atoms. The maximum Gasteiger partial charge on any atom is 0.292 e. The molecule has 0 unspecified atom stereocenters. The van der Waals surface area contributed by atoms with Crippen molar-refractivity contribution in [2.75, 3.05) is 23.7 Å². The van der Waals surface area contributed by atoms with Crippen molar-refractivity contribution in [2.24, 2.45) is 0 Å². The number of hydrogen-bond donors (Lipinski definition) is 2. The van der Waals surface area contributed by atoms with Crippen LogP contribution in [0.2, 0.25) is 0 Å². The van der Waals surface area contributed by atoms with Crippen LogP contribution in [-0.4, -0.2) is 28.0 Å². The predicted molar refractivity (Wildman–Crippen MR) is 86.2 cm³/mol. The van der Waals surface area contributed by atoms with Crippen LogP contribution in [0.3, 0.4) is 0 Å². The van der Waals surface area contributed by atoms with E-state index in [-0.39, 0.29) is 10.6 Å². The summed E-state index contributed by atoms with van der Waals surface area (Å²) in [5.74, 6) is 0.590. The molecule has 0 aliphatic heterocycles. The summed E-state index contributed by atoms with van der Waals surface area (Å²) >= 11 is 0. The fourth-order valence-electron chi connectivity index (χ4n) is 1.94. The molecule has 0 fully saturated rings. The second-order valence-corrected chi connectivity index (χ2v) is 5.07. The second kappa shape index (κ2) is 7.35. The van der Waals surface area contributed by atoms with Crippen LogP contribution in [0, 0.1) is 24.0 Å². The van der Waals surface area contributed by atoms with Crippen LogP contribution in [0.15, 0.2) is 30.6 Å². The fraction of sp³-hybridized carbons (Fsp3) is 0.333. The minimum absolute atomic E-state index is 0.106. The van der Waals surface area contributed by atoms with Gasteiger partial charge in [0.2, 0.25) is 5.95 Å². The van der Waals surface area contributed by atoms with E-state index in [9.17, 15) is 10.1 Å². The number of anilines is 2. The van der Waals surface area contributed by atoms with E-state index in [2.05, 4.69) is 20.6 Å². The van der Waals surface area contributed by atoms with Gasteiger partial charge in [0.15, 0.2) is 0 Å². The molecule has 1 aromatic heterocycles. The minimum Gasteiger partial charge on any atom is -0.379 e. The number of rotatable bonds is 7. The molecule has 2 aromatic rings. The van der Waals surface area contributed by atoms with Gasteiger partial charge in [0, 0.05) is 31.5 Å². The largest absolute Gasteiger partial charge is 0.379 e. The Balaban J connectivity index is 1.79. The van der Waals surface area contributed by atoms with Crippen molar-refractivity contribution in [1.29, 1.82) is 0 Å². The molecule has 0 saturated heterocycles. The van der Waals surface area contributed by atoms with Gasteiger partial charge < -0.3 is 10.6 Å². The van der Waals surface area contributed by atoms with Gasteiger partial charge in [-0.15, -0.1) is 0 Å². The summed E-state index contributed by atoms with van der Waals surface area (Å²) in [7, 11) is 0. The first-order valence-electron chi connectivity index (χ1n) is 7.07. The highest BCUT2D eigenvalue weighted by Crippen LogP contribution is 2.25. The Morgan fingerprint density at radius 3 is 2.45 bits per heavy atom. The maximum atomic E-state index is 11.0. The van der Waals surface area contributed by atoms with Gasteiger partial charge in [-0.25, -0.2) is 9.97 Å². The number of nitro benzene ring substituents is 1. The zero-order chi connectivity index (χ0) is 15.9. The molecule has 0 bridgehead atoms. The maximum absolute atomic E-state index is 11.0. The lowest BCUT2D eigenvalue weighted by atomic mass is 10.2. The molecule has 116 valence electrons. The first-order chi connectivity index (χ1) is 10.6. The molecule has 0 amide bonds. The average molecular weight is 301 g/mol. The van der Waals surface area contributed by atoms with Crippen LogP contribution in [0.5, 0.6) is 0 Å². The van der Waals surface area contributed by atoms with E-state index < -0.39 is 0 Å². The first-order valence-corrected chi connectivity index (χ1v) is 7.07. The SMILES string of the molecule is Cc1cnc(NCCCNc2ccc(C)cc2[N+](=O)[O-])nc1. The molecule has 22 heavy (non-hydrogen) atoms. The van der Waals surface area contributed by atoms with E-state index in [4.69, 9.17) is 0 Å². The van der Waals surface area contributed by atoms with Gasteiger partial charge >= 0.3 is 0 Å². The quantitative estimate of drug-likeness (QED) is 0.464. The highest BCUT2D eigenvalue weighted by molar-refractivity contribution is 5.62. The molecular formula is C15H19N5O2. The zero-order valence-corrected chi connectivity index (χ0v) is 12.7. The highest BCUT2D eigenvalue weighted by Gasteiger charge is 2.12. The summed E-state index contributed by atoms with van der Waals surface area (Å²) < 4.78 is 0. The number of aryl methyl sites for hydroxylation is 2. The van der Waals surface area contributed by atoms with Gasteiger partial charge in [0.1, 0.15) is 5.69 Å². The number of nitrogens with zero attached hydrogens (tertiary/aromatic N) is 3. The summed E-state index contributed by atoms with van der Waals surface area (Å²) in [6, 6.07) is 5.17. The third kappa shape index (κ3) is 4.41. The molecule has 0 atom stereocenters. The standard InChI is InChI=1S/C15H19N5O2/c1-11-4-5-13(14(8-11)20(21)22)16-6-3-7-17-15-18-9-12(2)10-19-15/h4-5,8-10,16H,3,6-7H2,1-2H3,(H,17,18,19). The van der Waals surface area contributed by atoms with E-state index >= 15 is 0 Å². The van der Waals surface area contributed by atoms with Crippen LogP contribution in [0.25, 0.3) is 0 Å². The molecule has 0 radical (unpaired) electrons. The minimum atomic E-state index is -0.367. The van der Waals surface area contributed by atoms with Crippen LogP contribution in [-0.2, 0) is 0 Å². The van der Waals surface area contributed by atoms with Crippen molar-refractivity contribution in [1.82, 2.24) is 9.97 Å². The Kier molecular flexibility index (Phi) is 5.24. The summed E-state index contributed by atoms with van der Waals surface area (Å²) in [6.07, 6.45) is 4.30. The Labute approximate surface area is 129 Å². The van der Waals surface area contributed by atoms with E-state index in [1.54, 1.807) is 24.5 Å². The van der Waals surface area contributed by atoms with E-state index in [0.717, 1.165) is 17.5 Å². The van der Waals surface area contributed by atoms with Gasteiger partial charge in [-0.3, -0.25) is 10.1 Å². The third-order valence-corrected chi connectivity index (χ3v) is 3.08. The number of nitro groups is 1. The summed E-state index contributed by atoms with van der Waals surface area (Å²) in [6.45, 7) is 5.09. The molecule has 0 aliphatic carbocycles. The normalized spacial score (nSPS) is 10.3. The molecular weight excluding hydrogens is 282 g/mol. The summed E-state index contributed by atoms with van der Waals surface area (Å²) in [4.78, 5) is 18.9. The highest BCUT2D eigenvalue weighted by atomic mass is 16.6. The van der Waals surface area contributed by atoms with Crippen molar-refractivity contribution in [3.05, 3.63) is 51.8 Å². The van der Waals surface area contributed by atoms with Crippen molar-refractivity contribution in [3.63, 3.8) is 0 Å². The van der Waals surface area contributed by atoms with Crippen molar-refractivity contribution in [2.45, 2.75) is 20.3 Å². The summed E-state index contributed by atoms with van der Waals surface area (Å²) in [5, 5.41) is 17.2.